The van der Waals surface area contributed by atoms with Gasteiger partial charge in [0.2, 0.25) is 0 Å². The summed E-state index contributed by atoms with van der Waals surface area (Å²) in [5.41, 5.74) is 1.28. The van der Waals surface area contributed by atoms with Crippen molar-refractivity contribution in [2.45, 2.75) is 45.4 Å². The van der Waals surface area contributed by atoms with Crippen molar-refractivity contribution in [3.8, 4) is 12.3 Å². The molecule has 1 amide bonds. The Hall–Kier alpha value is -2.36. The molecule has 0 saturated heterocycles. The summed E-state index contributed by atoms with van der Waals surface area (Å²) in [6.45, 7) is 12.7. The minimum Gasteiger partial charge on any atom is -0.322 e. The lowest BCUT2D eigenvalue weighted by molar-refractivity contribution is 0.102. The lowest BCUT2D eigenvalue weighted by atomic mass is 9.85. The SMILES string of the molecule is C#CC(C)CC(CC(C)C)C(=C)C.O=C(Nc1cc(F)c(F)c(F)c1)c1ccc(Cl)c(S)c1. The maximum Gasteiger partial charge on any atom is 0.255 e. The molecule has 0 aliphatic rings. The Balaban J connectivity index is 0.000000366. The number of carbonyl (C=O) groups excluding carboxylic acids is 1. The van der Waals surface area contributed by atoms with Gasteiger partial charge in [0.15, 0.2) is 17.5 Å². The Morgan fingerprint density at radius 3 is 2.18 bits per heavy atom. The molecule has 0 aliphatic heterocycles. The average molecular weight is 496 g/mol. The molecule has 178 valence electrons. The molecule has 0 heterocycles. The number of amides is 1. The van der Waals surface area contributed by atoms with Crippen molar-refractivity contribution in [3.63, 3.8) is 0 Å². The molecular weight excluding hydrogens is 467 g/mol. The van der Waals surface area contributed by atoms with E-state index in [1.807, 2.05) is 0 Å². The largest absolute Gasteiger partial charge is 0.322 e. The van der Waals surface area contributed by atoms with E-state index < -0.39 is 23.4 Å². The predicted octanol–water partition coefficient (Wildman–Crippen LogP) is 8.18. The molecule has 0 radical (unpaired) electrons. The van der Waals surface area contributed by atoms with Crippen molar-refractivity contribution in [2.75, 3.05) is 5.32 Å². The molecular formula is C26H29ClF3NOS. The lowest BCUT2D eigenvalue weighted by Gasteiger charge is -2.20. The van der Waals surface area contributed by atoms with E-state index in [-0.39, 0.29) is 11.3 Å². The standard InChI is InChI=1S/C13H7ClF3NOS.C13H22/c14-8-2-1-6(3-11(8)20)13(19)18-7-4-9(15)12(17)10(16)5-7;1-7-12(6)9-13(11(4)5)8-10(2)3/h1-5,20H,(H,18,19);1,10,12-13H,4,8-9H2,2-3,5-6H3. The van der Waals surface area contributed by atoms with Gasteiger partial charge in [-0.1, -0.05) is 44.5 Å². The van der Waals surface area contributed by atoms with Crippen LogP contribution in [0.2, 0.25) is 5.02 Å². The van der Waals surface area contributed by atoms with Gasteiger partial charge in [-0.15, -0.1) is 25.0 Å². The highest BCUT2D eigenvalue weighted by molar-refractivity contribution is 7.80. The van der Waals surface area contributed by atoms with Gasteiger partial charge < -0.3 is 5.32 Å². The second-order valence-corrected chi connectivity index (χ2v) is 9.24. The van der Waals surface area contributed by atoms with Gasteiger partial charge in [-0.2, -0.15) is 0 Å². The molecule has 0 aromatic heterocycles. The Kier molecular flexibility index (Phi) is 11.6. The van der Waals surface area contributed by atoms with Crippen LogP contribution >= 0.6 is 24.2 Å². The average Bonchev–Trinajstić information content (AvgIpc) is 2.73. The second-order valence-electron chi connectivity index (χ2n) is 8.35. The summed E-state index contributed by atoms with van der Waals surface area (Å²) in [6, 6.07) is 5.66. The molecule has 0 bridgehead atoms. The highest BCUT2D eigenvalue weighted by Crippen LogP contribution is 2.25. The number of nitrogens with one attached hydrogen (secondary N) is 1. The molecule has 0 spiro atoms. The molecule has 2 rings (SSSR count). The number of allylic oxidation sites excluding steroid dienone is 1. The van der Waals surface area contributed by atoms with Crippen LogP contribution in [0.3, 0.4) is 0 Å². The number of hydrogen-bond donors (Lipinski definition) is 2. The van der Waals surface area contributed by atoms with Crippen molar-refractivity contribution in [1.82, 2.24) is 0 Å². The van der Waals surface area contributed by atoms with Gasteiger partial charge in [-0.3, -0.25) is 4.79 Å². The van der Waals surface area contributed by atoms with E-state index in [1.165, 1.54) is 30.2 Å². The van der Waals surface area contributed by atoms with Crippen LogP contribution in [0.15, 0.2) is 47.4 Å². The fourth-order valence-corrected chi connectivity index (χ4v) is 3.38. The molecule has 1 N–H and O–H groups in total. The molecule has 2 aromatic rings. The Bertz CT molecular complexity index is 1010. The third-order valence-corrected chi connectivity index (χ3v) is 5.66. The van der Waals surface area contributed by atoms with Crippen LogP contribution in [0.5, 0.6) is 0 Å². The summed E-state index contributed by atoms with van der Waals surface area (Å²) < 4.78 is 38.8. The number of carbonyl (C=O) groups is 1. The highest BCUT2D eigenvalue weighted by atomic mass is 35.5. The summed E-state index contributed by atoms with van der Waals surface area (Å²) in [7, 11) is 0. The Labute approximate surface area is 205 Å². The maximum atomic E-state index is 13.0. The van der Waals surface area contributed by atoms with Gasteiger partial charge in [0.1, 0.15) is 0 Å². The summed E-state index contributed by atoms with van der Waals surface area (Å²) in [4.78, 5) is 12.2. The number of thiol groups is 1. The Morgan fingerprint density at radius 2 is 1.73 bits per heavy atom. The number of anilines is 1. The summed E-state index contributed by atoms with van der Waals surface area (Å²) >= 11 is 9.81. The van der Waals surface area contributed by atoms with E-state index in [9.17, 15) is 18.0 Å². The normalized spacial score (nSPS) is 12.3. The van der Waals surface area contributed by atoms with Crippen molar-refractivity contribution in [3.05, 3.63) is 70.5 Å². The topological polar surface area (TPSA) is 29.1 Å². The first-order chi connectivity index (χ1) is 15.3. The van der Waals surface area contributed by atoms with Gasteiger partial charge in [0.05, 0.1) is 5.02 Å². The van der Waals surface area contributed by atoms with Crippen LogP contribution < -0.4 is 5.32 Å². The van der Waals surface area contributed by atoms with Gasteiger partial charge >= 0.3 is 0 Å². The van der Waals surface area contributed by atoms with Crippen LogP contribution in [0, 0.1) is 47.5 Å². The zero-order valence-corrected chi connectivity index (χ0v) is 20.8. The molecule has 7 heteroatoms. The first kappa shape index (κ1) is 28.7. The van der Waals surface area contributed by atoms with E-state index in [1.54, 1.807) is 0 Å². The first-order valence-electron chi connectivity index (χ1n) is 10.4. The number of rotatable bonds is 7. The first-order valence-corrected chi connectivity index (χ1v) is 11.2. The minimum atomic E-state index is -1.59. The summed E-state index contributed by atoms with van der Waals surface area (Å²) in [6.07, 6.45) is 7.67. The van der Waals surface area contributed by atoms with Crippen molar-refractivity contribution in [2.24, 2.45) is 17.8 Å². The molecule has 0 saturated carbocycles. The lowest BCUT2D eigenvalue weighted by Crippen LogP contribution is -2.12. The number of halogens is 4. The van der Waals surface area contributed by atoms with Crippen LogP contribution in [0.25, 0.3) is 0 Å². The van der Waals surface area contributed by atoms with Crippen LogP contribution in [-0.2, 0) is 0 Å². The minimum absolute atomic E-state index is 0.193. The van der Waals surface area contributed by atoms with Crippen LogP contribution in [0.1, 0.15) is 50.9 Å². The molecule has 2 atom stereocenters. The summed E-state index contributed by atoms with van der Waals surface area (Å²) in [5.74, 6) is -0.491. The molecule has 0 fully saturated rings. The van der Waals surface area contributed by atoms with E-state index in [4.69, 9.17) is 18.0 Å². The predicted molar refractivity (Wildman–Crippen MR) is 133 cm³/mol. The molecule has 2 unspecified atom stereocenters. The van der Waals surface area contributed by atoms with E-state index in [0.29, 0.717) is 33.9 Å². The van der Waals surface area contributed by atoms with Gasteiger partial charge in [-0.05, 0) is 49.8 Å². The molecule has 33 heavy (non-hydrogen) atoms. The number of benzene rings is 2. The fourth-order valence-electron chi connectivity index (χ4n) is 3.05. The number of hydrogen-bond acceptors (Lipinski definition) is 2. The molecule has 2 nitrogen and oxygen atoms in total. The quantitative estimate of drug-likeness (QED) is 0.172. The smallest absolute Gasteiger partial charge is 0.255 e. The van der Waals surface area contributed by atoms with Gasteiger partial charge in [0.25, 0.3) is 5.91 Å². The Morgan fingerprint density at radius 1 is 1.15 bits per heavy atom. The second kappa shape index (κ2) is 13.4. The van der Waals surface area contributed by atoms with Crippen molar-refractivity contribution < 1.29 is 18.0 Å². The zero-order chi connectivity index (χ0) is 25.3. The van der Waals surface area contributed by atoms with Gasteiger partial charge in [0, 0.05) is 34.2 Å². The van der Waals surface area contributed by atoms with E-state index >= 15 is 0 Å². The molecule has 0 aliphatic carbocycles. The van der Waals surface area contributed by atoms with Gasteiger partial charge in [-0.25, -0.2) is 13.2 Å². The third-order valence-electron chi connectivity index (χ3n) is 4.83. The fraction of sp³-hybridized carbons (Fsp3) is 0.346. The zero-order valence-electron chi connectivity index (χ0n) is 19.2. The van der Waals surface area contributed by atoms with Crippen LogP contribution in [0.4, 0.5) is 18.9 Å². The summed E-state index contributed by atoms with van der Waals surface area (Å²) in [5, 5.41) is 2.62. The van der Waals surface area contributed by atoms with Crippen molar-refractivity contribution in [1.29, 1.82) is 0 Å². The monoisotopic (exact) mass is 495 g/mol. The maximum absolute atomic E-state index is 13.0. The highest BCUT2D eigenvalue weighted by Gasteiger charge is 2.15. The number of terminal acetylenes is 1. The van der Waals surface area contributed by atoms with E-state index in [2.05, 4.69) is 58.1 Å². The van der Waals surface area contributed by atoms with E-state index in [0.717, 1.165) is 12.3 Å². The van der Waals surface area contributed by atoms with Crippen molar-refractivity contribution >= 4 is 35.8 Å². The van der Waals surface area contributed by atoms with Crippen LogP contribution in [-0.4, -0.2) is 5.91 Å². The third kappa shape index (κ3) is 9.57. The molecule has 2 aromatic carbocycles.